The van der Waals surface area contributed by atoms with Gasteiger partial charge >= 0.3 is 6.18 Å². The standard InChI is InChI=1S/C29H38F3N7O3S/c1-5-25-22(18-36-28(38-25)37-23-8-6-20(7-9-23)16-29(30,31)32)17-35-24(14-19(2)3)11-13-34-27(40)21-10-12-33-26(15-21)39-43(4,41)42/h6-10,12,15,18-19,24,35H,5,11,13-14,16-17H2,1-4H3,(H,33,39)(H,34,40)(H,36,37,38)/t24-/m1/s1. The molecule has 4 N–H and O–H groups in total. The van der Waals surface area contributed by atoms with E-state index < -0.39 is 22.6 Å². The van der Waals surface area contributed by atoms with Crippen molar-refractivity contribution in [2.75, 3.05) is 22.8 Å². The van der Waals surface area contributed by atoms with Crippen molar-refractivity contribution in [3.8, 4) is 0 Å². The van der Waals surface area contributed by atoms with E-state index in [1.807, 2.05) is 6.92 Å². The number of amides is 1. The van der Waals surface area contributed by atoms with Crippen molar-refractivity contribution in [3.05, 3.63) is 71.2 Å². The van der Waals surface area contributed by atoms with Gasteiger partial charge in [-0.3, -0.25) is 9.52 Å². The lowest BCUT2D eigenvalue weighted by Gasteiger charge is -2.22. The SMILES string of the molecule is CCc1nc(Nc2ccc(CC(F)(F)F)cc2)ncc1CN[C@H](CCNC(=O)c1ccnc(NS(C)(=O)=O)c1)CC(C)C. The van der Waals surface area contributed by atoms with Gasteiger partial charge in [0, 0.05) is 48.3 Å². The average Bonchev–Trinajstić information content (AvgIpc) is 2.91. The molecule has 0 bridgehead atoms. The molecule has 0 saturated heterocycles. The second-order valence-corrected chi connectivity index (χ2v) is 12.4. The Morgan fingerprint density at radius 1 is 1.07 bits per heavy atom. The number of alkyl halides is 3. The fourth-order valence-electron chi connectivity index (χ4n) is 4.43. The normalized spacial score (nSPS) is 12.7. The van der Waals surface area contributed by atoms with E-state index in [0.717, 1.165) is 23.9 Å². The number of benzene rings is 1. The van der Waals surface area contributed by atoms with E-state index in [1.54, 1.807) is 18.3 Å². The molecular formula is C29H38F3N7O3S. The summed E-state index contributed by atoms with van der Waals surface area (Å²) in [5, 5.41) is 9.49. The van der Waals surface area contributed by atoms with Gasteiger partial charge in [0.1, 0.15) is 5.82 Å². The number of aryl methyl sites for hydroxylation is 1. The Balaban J connectivity index is 1.57. The zero-order valence-electron chi connectivity index (χ0n) is 24.6. The Hall–Kier alpha value is -3.78. The van der Waals surface area contributed by atoms with Crippen LogP contribution in [0.1, 0.15) is 60.8 Å². The van der Waals surface area contributed by atoms with Gasteiger partial charge in [0.25, 0.3) is 5.91 Å². The minimum Gasteiger partial charge on any atom is -0.352 e. The summed E-state index contributed by atoms with van der Waals surface area (Å²) in [5.41, 5.74) is 2.83. The molecule has 1 aromatic carbocycles. The summed E-state index contributed by atoms with van der Waals surface area (Å²) in [6.45, 7) is 7.15. The van der Waals surface area contributed by atoms with Crippen LogP contribution >= 0.6 is 0 Å². The summed E-state index contributed by atoms with van der Waals surface area (Å²) in [7, 11) is -3.51. The zero-order chi connectivity index (χ0) is 31.6. The highest BCUT2D eigenvalue weighted by Gasteiger charge is 2.27. The Morgan fingerprint density at radius 3 is 2.42 bits per heavy atom. The Labute approximate surface area is 250 Å². The number of hydrogen-bond acceptors (Lipinski definition) is 8. The number of nitrogens with one attached hydrogen (secondary N) is 4. The minimum absolute atomic E-state index is 0.0727. The first kappa shape index (κ1) is 33.7. The molecule has 2 heterocycles. The number of anilines is 3. The number of nitrogens with zero attached hydrogens (tertiary/aromatic N) is 3. The van der Waals surface area contributed by atoms with Crippen molar-refractivity contribution in [3.63, 3.8) is 0 Å². The molecule has 14 heteroatoms. The van der Waals surface area contributed by atoms with Crippen LogP contribution in [0.25, 0.3) is 0 Å². The van der Waals surface area contributed by atoms with Gasteiger partial charge in [-0.1, -0.05) is 32.9 Å². The van der Waals surface area contributed by atoms with Crippen molar-refractivity contribution >= 4 is 33.4 Å². The van der Waals surface area contributed by atoms with Crippen molar-refractivity contribution in [2.24, 2.45) is 5.92 Å². The molecule has 1 amide bonds. The first-order chi connectivity index (χ1) is 20.2. The molecule has 2 aromatic heterocycles. The molecule has 0 spiro atoms. The van der Waals surface area contributed by atoms with Gasteiger partial charge in [0.15, 0.2) is 0 Å². The zero-order valence-corrected chi connectivity index (χ0v) is 25.4. The summed E-state index contributed by atoms with van der Waals surface area (Å²) in [4.78, 5) is 25.6. The number of aromatic nitrogens is 3. The van der Waals surface area contributed by atoms with Gasteiger partial charge < -0.3 is 16.0 Å². The molecule has 0 saturated carbocycles. The third kappa shape index (κ3) is 12.2. The van der Waals surface area contributed by atoms with Crippen LogP contribution in [0.15, 0.2) is 48.8 Å². The number of pyridine rings is 1. The number of hydrogen-bond donors (Lipinski definition) is 4. The van der Waals surface area contributed by atoms with Crippen LogP contribution in [0.3, 0.4) is 0 Å². The van der Waals surface area contributed by atoms with E-state index in [0.29, 0.717) is 49.0 Å². The van der Waals surface area contributed by atoms with Gasteiger partial charge in [-0.05, 0) is 55.0 Å². The van der Waals surface area contributed by atoms with Crippen LogP contribution in [0.5, 0.6) is 0 Å². The maximum Gasteiger partial charge on any atom is 0.393 e. The Kier molecular flexibility index (Phi) is 11.8. The molecule has 0 radical (unpaired) electrons. The van der Waals surface area contributed by atoms with Crippen molar-refractivity contribution in [2.45, 2.75) is 65.2 Å². The van der Waals surface area contributed by atoms with E-state index in [9.17, 15) is 26.4 Å². The molecular weight excluding hydrogens is 583 g/mol. The second kappa shape index (κ2) is 15.1. The molecule has 0 unspecified atom stereocenters. The maximum absolute atomic E-state index is 12.7. The van der Waals surface area contributed by atoms with Gasteiger partial charge in [0.05, 0.1) is 18.4 Å². The molecule has 3 aromatic rings. The highest BCUT2D eigenvalue weighted by atomic mass is 32.2. The summed E-state index contributed by atoms with van der Waals surface area (Å²) in [6, 6.07) is 8.99. The summed E-state index contributed by atoms with van der Waals surface area (Å²) in [5.74, 6) is 0.510. The molecule has 43 heavy (non-hydrogen) atoms. The number of carbonyl (C=O) groups excluding carboxylic acids is 1. The predicted molar refractivity (Wildman–Crippen MR) is 161 cm³/mol. The summed E-state index contributed by atoms with van der Waals surface area (Å²) >= 11 is 0. The van der Waals surface area contributed by atoms with Crippen LogP contribution < -0.4 is 20.7 Å². The molecule has 3 rings (SSSR count). The maximum atomic E-state index is 12.7. The fraction of sp³-hybridized carbons (Fsp3) is 0.448. The fourth-order valence-corrected chi connectivity index (χ4v) is 4.92. The predicted octanol–water partition coefficient (Wildman–Crippen LogP) is 4.98. The van der Waals surface area contributed by atoms with Crippen molar-refractivity contribution in [1.82, 2.24) is 25.6 Å². The molecule has 234 valence electrons. The van der Waals surface area contributed by atoms with Crippen LogP contribution in [0, 0.1) is 5.92 Å². The Bertz CT molecular complexity index is 1470. The van der Waals surface area contributed by atoms with E-state index in [1.165, 1.54) is 30.5 Å². The van der Waals surface area contributed by atoms with Crippen LogP contribution in [-0.2, 0) is 29.4 Å². The lowest BCUT2D eigenvalue weighted by molar-refractivity contribution is -0.127. The van der Waals surface area contributed by atoms with E-state index in [2.05, 4.69) is 49.5 Å². The van der Waals surface area contributed by atoms with Crippen LogP contribution in [0.2, 0.25) is 0 Å². The first-order valence-corrected chi connectivity index (χ1v) is 15.8. The van der Waals surface area contributed by atoms with Gasteiger partial charge in [-0.2, -0.15) is 13.2 Å². The van der Waals surface area contributed by atoms with E-state index in [-0.39, 0.29) is 23.3 Å². The Morgan fingerprint density at radius 2 is 1.79 bits per heavy atom. The molecule has 0 fully saturated rings. The number of rotatable bonds is 15. The van der Waals surface area contributed by atoms with E-state index in [4.69, 9.17) is 0 Å². The monoisotopic (exact) mass is 621 g/mol. The van der Waals surface area contributed by atoms with Crippen molar-refractivity contribution in [1.29, 1.82) is 0 Å². The number of halogens is 3. The first-order valence-electron chi connectivity index (χ1n) is 13.9. The molecule has 0 aliphatic carbocycles. The van der Waals surface area contributed by atoms with Gasteiger partial charge in [0.2, 0.25) is 16.0 Å². The van der Waals surface area contributed by atoms with Gasteiger partial charge in [-0.15, -0.1) is 0 Å². The highest BCUT2D eigenvalue weighted by molar-refractivity contribution is 7.92. The average molecular weight is 622 g/mol. The second-order valence-electron chi connectivity index (χ2n) is 10.7. The topological polar surface area (TPSA) is 138 Å². The third-order valence-electron chi connectivity index (χ3n) is 6.33. The summed E-state index contributed by atoms with van der Waals surface area (Å²) in [6.07, 6.45) is 1.07. The molecule has 0 aliphatic rings. The lowest BCUT2D eigenvalue weighted by Crippen LogP contribution is -2.35. The van der Waals surface area contributed by atoms with Crippen molar-refractivity contribution < 1.29 is 26.4 Å². The minimum atomic E-state index is -4.26. The quantitative estimate of drug-likeness (QED) is 0.187. The highest BCUT2D eigenvalue weighted by Crippen LogP contribution is 2.23. The largest absolute Gasteiger partial charge is 0.393 e. The van der Waals surface area contributed by atoms with Crippen LogP contribution in [-0.4, -0.2) is 54.3 Å². The lowest BCUT2D eigenvalue weighted by atomic mass is 10.0. The number of sulfonamides is 1. The smallest absolute Gasteiger partial charge is 0.352 e. The van der Waals surface area contributed by atoms with Gasteiger partial charge in [-0.25, -0.2) is 23.4 Å². The van der Waals surface area contributed by atoms with Crippen LogP contribution in [0.4, 0.5) is 30.6 Å². The molecule has 10 nitrogen and oxygen atoms in total. The summed E-state index contributed by atoms with van der Waals surface area (Å²) < 4.78 is 63.0. The number of carbonyl (C=O) groups is 1. The molecule has 1 atom stereocenters. The molecule has 0 aliphatic heterocycles. The third-order valence-corrected chi connectivity index (χ3v) is 6.91. The van der Waals surface area contributed by atoms with E-state index >= 15 is 0 Å².